The van der Waals surface area contributed by atoms with Crippen molar-refractivity contribution in [1.29, 1.82) is 5.26 Å². The molecule has 0 fully saturated rings. The number of anilines is 1. The van der Waals surface area contributed by atoms with Gasteiger partial charge in [0.15, 0.2) is 0 Å². The Kier molecular flexibility index (Phi) is 4.85. The number of carbonyl (C=O) groups excluding carboxylic acids is 1. The van der Waals surface area contributed by atoms with E-state index >= 15 is 0 Å². The Morgan fingerprint density at radius 3 is 2.48 bits per heavy atom. The van der Waals surface area contributed by atoms with E-state index in [1.165, 1.54) is 24.3 Å². The number of hydrogen-bond donors (Lipinski definition) is 1. The van der Waals surface area contributed by atoms with Crippen LogP contribution in [0.2, 0.25) is 0 Å². The summed E-state index contributed by atoms with van der Waals surface area (Å²) in [4.78, 5) is 22.6. The van der Waals surface area contributed by atoms with Crippen molar-refractivity contribution in [3.8, 4) is 6.07 Å². The van der Waals surface area contributed by atoms with Crippen LogP contribution in [-0.2, 0) is 4.79 Å². The van der Waals surface area contributed by atoms with Crippen molar-refractivity contribution < 1.29 is 9.72 Å². The fraction of sp³-hybridized carbons (Fsp3) is 0.0588. The first-order chi connectivity index (χ1) is 11.0. The second kappa shape index (κ2) is 7.00. The Hall–Kier alpha value is -3.46. The molecule has 0 saturated carbocycles. The standard InChI is InChI=1S/C17H13N3O3/c1-12-6-8-15(9-7-12)19-17(21)14(11-18)10-13-4-2-3-5-16(13)20(22)23/h2-10H,1H3,(H,19,21)/b14-10+. The average molecular weight is 307 g/mol. The first-order valence-corrected chi connectivity index (χ1v) is 6.74. The zero-order chi connectivity index (χ0) is 16.8. The Morgan fingerprint density at radius 1 is 1.22 bits per heavy atom. The van der Waals surface area contributed by atoms with E-state index in [1.807, 2.05) is 19.1 Å². The smallest absolute Gasteiger partial charge is 0.276 e. The molecule has 0 aliphatic rings. The summed E-state index contributed by atoms with van der Waals surface area (Å²) >= 11 is 0. The molecule has 2 aromatic carbocycles. The van der Waals surface area contributed by atoms with Crippen LogP contribution in [0.15, 0.2) is 54.1 Å². The maximum atomic E-state index is 12.1. The fourth-order valence-corrected chi connectivity index (χ4v) is 1.92. The highest BCUT2D eigenvalue weighted by atomic mass is 16.6. The lowest BCUT2D eigenvalue weighted by Gasteiger charge is -2.05. The Labute approximate surface area is 132 Å². The number of aryl methyl sites for hydroxylation is 1. The molecule has 0 aliphatic carbocycles. The van der Waals surface area contributed by atoms with E-state index in [2.05, 4.69) is 5.32 Å². The van der Waals surface area contributed by atoms with E-state index in [1.54, 1.807) is 24.3 Å². The molecule has 2 rings (SSSR count). The van der Waals surface area contributed by atoms with Crippen LogP contribution in [0, 0.1) is 28.4 Å². The first-order valence-electron chi connectivity index (χ1n) is 6.74. The lowest BCUT2D eigenvalue weighted by atomic mass is 10.1. The van der Waals surface area contributed by atoms with Crippen LogP contribution in [0.5, 0.6) is 0 Å². The molecular weight excluding hydrogens is 294 g/mol. The van der Waals surface area contributed by atoms with Gasteiger partial charge in [0.2, 0.25) is 0 Å². The largest absolute Gasteiger partial charge is 0.321 e. The number of nitrogens with one attached hydrogen (secondary N) is 1. The minimum Gasteiger partial charge on any atom is -0.321 e. The van der Waals surface area contributed by atoms with E-state index in [-0.39, 0.29) is 16.8 Å². The minimum atomic E-state index is -0.616. The summed E-state index contributed by atoms with van der Waals surface area (Å²) in [6, 6.07) is 14.8. The van der Waals surface area contributed by atoms with Gasteiger partial charge < -0.3 is 5.32 Å². The molecule has 114 valence electrons. The van der Waals surface area contributed by atoms with Crippen molar-refractivity contribution in [2.45, 2.75) is 6.92 Å². The van der Waals surface area contributed by atoms with Crippen LogP contribution in [0.1, 0.15) is 11.1 Å². The third-order valence-corrected chi connectivity index (χ3v) is 3.11. The second-order valence-corrected chi connectivity index (χ2v) is 4.81. The number of nitrogens with zero attached hydrogens (tertiary/aromatic N) is 2. The monoisotopic (exact) mass is 307 g/mol. The van der Waals surface area contributed by atoms with Crippen molar-refractivity contribution in [3.63, 3.8) is 0 Å². The van der Waals surface area contributed by atoms with Crippen LogP contribution in [0.4, 0.5) is 11.4 Å². The fourth-order valence-electron chi connectivity index (χ4n) is 1.92. The molecular formula is C17H13N3O3. The normalized spacial score (nSPS) is 10.7. The van der Waals surface area contributed by atoms with Gasteiger partial charge in [-0.25, -0.2) is 0 Å². The van der Waals surface area contributed by atoms with Crippen molar-refractivity contribution >= 4 is 23.4 Å². The summed E-state index contributed by atoms with van der Waals surface area (Å²) in [5, 5.41) is 22.7. The summed E-state index contributed by atoms with van der Waals surface area (Å²) in [5.74, 6) is -0.616. The van der Waals surface area contributed by atoms with Crippen molar-refractivity contribution in [2.24, 2.45) is 0 Å². The molecule has 0 saturated heterocycles. The summed E-state index contributed by atoms with van der Waals surface area (Å²) < 4.78 is 0. The highest BCUT2D eigenvalue weighted by Crippen LogP contribution is 2.21. The average Bonchev–Trinajstić information content (AvgIpc) is 2.54. The lowest BCUT2D eigenvalue weighted by Crippen LogP contribution is -2.13. The molecule has 2 aromatic rings. The molecule has 1 amide bonds. The van der Waals surface area contributed by atoms with Crippen LogP contribution in [-0.4, -0.2) is 10.8 Å². The SMILES string of the molecule is Cc1ccc(NC(=O)/C(C#N)=C/c2ccccc2[N+](=O)[O-])cc1. The van der Waals surface area contributed by atoms with E-state index in [4.69, 9.17) is 5.26 Å². The van der Waals surface area contributed by atoms with Crippen LogP contribution >= 0.6 is 0 Å². The van der Waals surface area contributed by atoms with Gasteiger partial charge in [0.05, 0.1) is 10.5 Å². The third kappa shape index (κ3) is 4.02. The summed E-state index contributed by atoms with van der Waals surface area (Å²) in [6.07, 6.45) is 1.21. The summed E-state index contributed by atoms with van der Waals surface area (Å²) in [7, 11) is 0. The predicted octanol–water partition coefficient (Wildman–Crippen LogP) is 3.45. The summed E-state index contributed by atoms with van der Waals surface area (Å²) in [6.45, 7) is 1.92. The number of amides is 1. The van der Waals surface area contributed by atoms with Gasteiger partial charge in [-0.3, -0.25) is 14.9 Å². The van der Waals surface area contributed by atoms with E-state index in [0.717, 1.165) is 5.56 Å². The molecule has 0 radical (unpaired) electrons. The van der Waals surface area contributed by atoms with Gasteiger partial charge in [-0.15, -0.1) is 0 Å². The Bertz CT molecular complexity index is 818. The number of nitro benzene ring substituents is 1. The molecule has 0 bridgehead atoms. The van der Waals surface area contributed by atoms with E-state index in [9.17, 15) is 14.9 Å². The number of para-hydroxylation sites is 1. The van der Waals surface area contributed by atoms with Crippen molar-refractivity contribution in [2.75, 3.05) is 5.32 Å². The number of carbonyl (C=O) groups is 1. The number of benzene rings is 2. The Balaban J connectivity index is 2.29. The second-order valence-electron chi connectivity index (χ2n) is 4.81. The predicted molar refractivity (Wildman–Crippen MR) is 86.5 cm³/mol. The van der Waals surface area contributed by atoms with Crippen LogP contribution < -0.4 is 5.32 Å². The molecule has 1 N–H and O–H groups in total. The highest BCUT2D eigenvalue weighted by Gasteiger charge is 2.15. The van der Waals surface area contributed by atoms with Gasteiger partial charge >= 0.3 is 0 Å². The highest BCUT2D eigenvalue weighted by molar-refractivity contribution is 6.09. The maximum absolute atomic E-state index is 12.1. The van der Waals surface area contributed by atoms with Crippen molar-refractivity contribution in [3.05, 3.63) is 75.3 Å². The molecule has 0 unspecified atom stereocenters. The van der Waals surface area contributed by atoms with Gasteiger partial charge in [-0.05, 0) is 31.2 Å². The molecule has 0 aromatic heterocycles. The lowest BCUT2D eigenvalue weighted by molar-refractivity contribution is -0.385. The molecule has 6 heteroatoms. The summed E-state index contributed by atoms with van der Waals surface area (Å²) in [5.41, 5.74) is 1.42. The van der Waals surface area contributed by atoms with Gasteiger partial charge in [0, 0.05) is 11.8 Å². The zero-order valence-corrected chi connectivity index (χ0v) is 12.3. The minimum absolute atomic E-state index is 0.164. The van der Waals surface area contributed by atoms with Crippen LogP contribution in [0.25, 0.3) is 6.08 Å². The third-order valence-electron chi connectivity index (χ3n) is 3.11. The van der Waals surface area contributed by atoms with Gasteiger partial charge in [0.1, 0.15) is 11.6 Å². The molecule has 23 heavy (non-hydrogen) atoms. The topological polar surface area (TPSA) is 96.0 Å². The number of rotatable bonds is 4. The van der Waals surface area contributed by atoms with E-state index < -0.39 is 10.8 Å². The number of hydrogen-bond acceptors (Lipinski definition) is 4. The Morgan fingerprint density at radius 2 is 1.87 bits per heavy atom. The molecule has 0 heterocycles. The zero-order valence-electron chi connectivity index (χ0n) is 12.3. The molecule has 6 nitrogen and oxygen atoms in total. The van der Waals surface area contributed by atoms with E-state index in [0.29, 0.717) is 5.69 Å². The molecule has 0 spiro atoms. The van der Waals surface area contributed by atoms with Crippen molar-refractivity contribution in [1.82, 2.24) is 0 Å². The van der Waals surface area contributed by atoms with Gasteiger partial charge in [-0.2, -0.15) is 5.26 Å². The molecule has 0 atom stereocenters. The van der Waals surface area contributed by atoms with Gasteiger partial charge in [0.25, 0.3) is 11.6 Å². The first kappa shape index (κ1) is 15.9. The van der Waals surface area contributed by atoms with Gasteiger partial charge in [-0.1, -0.05) is 29.8 Å². The number of nitriles is 1. The maximum Gasteiger partial charge on any atom is 0.276 e. The number of nitro groups is 1. The molecule has 0 aliphatic heterocycles. The quantitative estimate of drug-likeness (QED) is 0.405. The van der Waals surface area contributed by atoms with Crippen LogP contribution in [0.3, 0.4) is 0 Å².